The van der Waals surface area contributed by atoms with Crippen molar-refractivity contribution in [3.63, 3.8) is 0 Å². The lowest BCUT2D eigenvalue weighted by Gasteiger charge is -2.33. The summed E-state index contributed by atoms with van der Waals surface area (Å²) >= 11 is 0. The molecule has 2 atom stereocenters. The van der Waals surface area contributed by atoms with E-state index in [9.17, 15) is 0 Å². The fraction of sp³-hybridized carbons (Fsp3) is 0.857. The Hall–Kier alpha value is -0.980. The highest BCUT2D eigenvalue weighted by molar-refractivity contribution is 4.92. The van der Waals surface area contributed by atoms with Crippen molar-refractivity contribution >= 4 is 0 Å². The summed E-state index contributed by atoms with van der Waals surface area (Å²) in [5, 5.41) is 11.9. The Labute approximate surface area is 120 Å². The van der Waals surface area contributed by atoms with Gasteiger partial charge < -0.3 is 14.6 Å². The van der Waals surface area contributed by atoms with Gasteiger partial charge in [-0.25, -0.2) is 0 Å². The number of rotatable bonds is 6. The van der Waals surface area contributed by atoms with E-state index in [1.807, 2.05) is 6.33 Å². The first-order valence-electron chi connectivity index (χ1n) is 7.77. The van der Waals surface area contributed by atoms with E-state index in [0.29, 0.717) is 12.0 Å². The molecule has 6 nitrogen and oxygen atoms in total. The Kier molecular flexibility index (Phi) is 4.65. The van der Waals surface area contributed by atoms with Crippen LogP contribution < -0.4 is 5.32 Å². The fourth-order valence-corrected chi connectivity index (χ4v) is 3.13. The number of nitrogens with zero attached hydrogens (tertiary/aromatic N) is 4. The molecule has 0 radical (unpaired) electrons. The van der Waals surface area contributed by atoms with Gasteiger partial charge in [0, 0.05) is 38.2 Å². The van der Waals surface area contributed by atoms with Gasteiger partial charge in [0.25, 0.3) is 0 Å². The van der Waals surface area contributed by atoms with Gasteiger partial charge in [-0.2, -0.15) is 0 Å². The second-order valence-corrected chi connectivity index (χ2v) is 5.86. The smallest absolute Gasteiger partial charge is 0.147 e. The Morgan fingerprint density at radius 3 is 3.25 bits per heavy atom. The van der Waals surface area contributed by atoms with Crippen LogP contribution in [0.25, 0.3) is 0 Å². The van der Waals surface area contributed by atoms with E-state index in [4.69, 9.17) is 4.74 Å². The maximum Gasteiger partial charge on any atom is 0.147 e. The fourth-order valence-electron chi connectivity index (χ4n) is 3.13. The molecular formula is C14H25N5O. The van der Waals surface area contributed by atoms with Gasteiger partial charge in [-0.15, -0.1) is 10.2 Å². The maximum atomic E-state index is 5.57. The molecule has 1 fully saturated rings. The lowest BCUT2D eigenvalue weighted by atomic mass is 9.98. The first kappa shape index (κ1) is 14.0. The topological polar surface area (TPSA) is 55.2 Å². The number of aromatic nitrogens is 3. The highest BCUT2D eigenvalue weighted by Gasteiger charge is 2.28. The summed E-state index contributed by atoms with van der Waals surface area (Å²) in [7, 11) is 0. The second-order valence-electron chi connectivity index (χ2n) is 5.86. The van der Waals surface area contributed by atoms with Crippen LogP contribution in [0.3, 0.4) is 0 Å². The molecule has 112 valence electrons. The van der Waals surface area contributed by atoms with Crippen LogP contribution in [0.2, 0.25) is 0 Å². The predicted octanol–water partition coefficient (Wildman–Crippen LogP) is 0.498. The van der Waals surface area contributed by atoms with E-state index in [-0.39, 0.29) is 0 Å². The first-order valence-corrected chi connectivity index (χ1v) is 7.77. The Morgan fingerprint density at radius 2 is 2.45 bits per heavy atom. The standard InChI is InChI=1S/C14H25N5O/c1-2-4-15-13(12-3-7-20-10-12)8-18-5-6-19-11-16-17-14(19)9-18/h11-13,15H,2-10H2,1H3. The minimum atomic E-state index is 0.534. The molecule has 1 aromatic heterocycles. The van der Waals surface area contributed by atoms with Crippen molar-refractivity contribution in [2.45, 2.75) is 38.9 Å². The van der Waals surface area contributed by atoms with E-state index in [0.717, 1.165) is 51.8 Å². The van der Waals surface area contributed by atoms with Gasteiger partial charge >= 0.3 is 0 Å². The molecular weight excluding hydrogens is 254 g/mol. The Balaban J connectivity index is 1.58. The highest BCUT2D eigenvalue weighted by atomic mass is 16.5. The molecule has 20 heavy (non-hydrogen) atoms. The molecule has 0 amide bonds. The quantitative estimate of drug-likeness (QED) is 0.822. The summed E-state index contributed by atoms with van der Waals surface area (Å²) in [6.45, 7) is 9.23. The van der Waals surface area contributed by atoms with Crippen molar-refractivity contribution in [2.24, 2.45) is 5.92 Å². The van der Waals surface area contributed by atoms with E-state index >= 15 is 0 Å². The molecule has 0 aromatic carbocycles. The summed E-state index contributed by atoms with van der Waals surface area (Å²) in [6.07, 6.45) is 4.20. The molecule has 0 spiro atoms. The zero-order valence-electron chi connectivity index (χ0n) is 12.3. The minimum absolute atomic E-state index is 0.534. The van der Waals surface area contributed by atoms with Crippen LogP contribution in [0.15, 0.2) is 6.33 Å². The van der Waals surface area contributed by atoms with E-state index in [1.165, 1.54) is 12.8 Å². The SMILES string of the molecule is CCCNC(CN1CCn2cnnc2C1)C1CCOC1. The van der Waals surface area contributed by atoms with Gasteiger partial charge in [-0.3, -0.25) is 4.90 Å². The average Bonchev–Trinajstić information content (AvgIpc) is 3.13. The van der Waals surface area contributed by atoms with E-state index in [1.54, 1.807) is 0 Å². The van der Waals surface area contributed by atoms with Crippen LogP contribution in [0.5, 0.6) is 0 Å². The number of nitrogens with one attached hydrogen (secondary N) is 1. The Morgan fingerprint density at radius 1 is 1.50 bits per heavy atom. The first-order chi connectivity index (χ1) is 9.86. The average molecular weight is 279 g/mol. The van der Waals surface area contributed by atoms with E-state index in [2.05, 4.69) is 31.9 Å². The second kappa shape index (κ2) is 6.65. The van der Waals surface area contributed by atoms with Crippen LogP contribution in [-0.2, 0) is 17.8 Å². The molecule has 2 aliphatic heterocycles. The zero-order valence-corrected chi connectivity index (χ0v) is 12.3. The minimum Gasteiger partial charge on any atom is -0.381 e. The molecule has 1 aromatic rings. The van der Waals surface area contributed by atoms with Crippen molar-refractivity contribution < 1.29 is 4.74 Å². The van der Waals surface area contributed by atoms with Gasteiger partial charge in [0.1, 0.15) is 12.2 Å². The molecule has 0 bridgehead atoms. The summed E-state index contributed by atoms with van der Waals surface area (Å²) < 4.78 is 7.72. The molecule has 3 heterocycles. The normalized spacial score (nSPS) is 24.8. The van der Waals surface area contributed by atoms with Crippen molar-refractivity contribution in [1.29, 1.82) is 0 Å². The third-order valence-electron chi connectivity index (χ3n) is 4.36. The van der Waals surface area contributed by atoms with Crippen LogP contribution in [0.4, 0.5) is 0 Å². The molecule has 6 heteroatoms. The third kappa shape index (κ3) is 3.19. The van der Waals surface area contributed by atoms with Crippen molar-refractivity contribution in [2.75, 3.05) is 32.8 Å². The lowest BCUT2D eigenvalue weighted by Crippen LogP contribution is -2.48. The highest BCUT2D eigenvalue weighted by Crippen LogP contribution is 2.19. The number of hydrogen-bond acceptors (Lipinski definition) is 5. The molecule has 0 saturated carbocycles. The third-order valence-corrected chi connectivity index (χ3v) is 4.36. The lowest BCUT2D eigenvalue weighted by molar-refractivity contribution is 0.147. The van der Waals surface area contributed by atoms with Crippen molar-refractivity contribution in [1.82, 2.24) is 25.0 Å². The monoisotopic (exact) mass is 279 g/mol. The van der Waals surface area contributed by atoms with Gasteiger partial charge in [-0.05, 0) is 19.4 Å². The molecule has 3 rings (SSSR count). The summed E-state index contributed by atoms with van der Waals surface area (Å²) in [4.78, 5) is 2.50. The molecule has 2 aliphatic rings. The zero-order chi connectivity index (χ0) is 13.8. The van der Waals surface area contributed by atoms with Gasteiger partial charge in [-0.1, -0.05) is 6.92 Å². The van der Waals surface area contributed by atoms with E-state index < -0.39 is 0 Å². The maximum absolute atomic E-state index is 5.57. The molecule has 0 aliphatic carbocycles. The summed E-state index contributed by atoms with van der Waals surface area (Å²) in [5.41, 5.74) is 0. The van der Waals surface area contributed by atoms with Gasteiger partial charge in [0.2, 0.25) is 0 Å². The van der Waals surface area contributed by atoms with Gasteiger partial charge in [0.15, 0.2) is 0 Å². The number of ether oxygens (including phenoxy) is 1. The van der Waals surface area contributed by atoms with Crippen molar-refractivity contribution in [3.8, 4) is 0 Å². The van der Waals surface area contributed by atoms with Crippen LogP contribution in [-0.4, -0.2) is 58.6 Å². The van der Waals surface area contributed by atoms with Crippen molar-refractivity contribution in [3.05, 3.63) is 12.2 Å². The summed E-state index contributed by atoms with van der Waals surface area (Å²) in [6, 6.07) is 0.534. The predicted molar refractivity (Wildman–Crippen MR) is 76.3 cm³/mol. The van der Waals surface area contributed by atoms with Crippen LogP contribution >= 0.6 is 0 Å². The van der Waals surface area contributed by atoms with Crippen LogP contribution in [0.1, 0.15) is 25.6 Å². The van der Waals surface area contributed by atoms with Gasteiger partial charge in [0.05, 0.1) is 13.2 Å². The van der Waals surface area contributed by atoms with Crippen LogP contribution in [0, 0.1) is 5.92 Å². The molecule has 1 N–H and O–H groups in total. The molecule has 1 saturated heterocycles. The summed E-state index contributed by atoms with van der Waals surface area (Å²) in [5.74, 6) is 1.74. The number of hydrogen-bond donors (Lipinski definition) is 1. The molecule has 2 unspecified atom stereocenters. The Bertz CT molecular complexity index is 415. The largest absolute Gasteiger partial charge is 0.381 e. The number of fused-ring (bicyclic) bond motifs is 1.